The van der Waals surface area contributed by atoms with Crippen LogP contribution >= 0.6 is 0 Å². The number of piperidine rings is 1. The van der Waals surface area contributed by atoms with Crippen LogP contribution < -0.4 is 0 Å². The van der Waals surface area contributed by atoms with Gasteiger partial charge in [0.05, 0.1) is 13.2 Å². The predicted octanol–water partition coefficient (Wildman–Crippen LogP) is 0.546. The van der Waals surface area contributed by atoms with Gasteiger partial charge in [-0.15, -0.1) is 0 Å². The van der Waals surface area contributed by atoms with Gasteiger partial charge in [-0.2, -0.15) is 4.98 Å². The first kappa shape index (κ1) is 18.8. The van der Waals surface area contributed by atoms with Crippen LogP contribution in [0.5, 0.6) is 0 Å². The Bertz CT molecular complexity index is 653. The van der Waals surface area contributed by atoms with Crippen molar-refractivity contribution in [3.05, 3.63) is 11.7 Å². The Morgan fingerprint density at radius 2 is 2.12 bits per heavy atom. The van der Waals surface area contributed by atoms with E-state index >= 15 is 0 Å². The maximum absolute atomic E-state index is 11.8. The van der Waals surface area contributed by atoms with Crippen molar-refractivity contribution in [1.82, 2.24) is 19.9 Å². The molecular weight excluding hydrogens is 340 g/mol. The minimum atomic E-state index is -0.824. The Hall–Kier alpha value is -2.00. The second-order valence-corrected chi connectivity index (χ2v) is 7.32. The van der Waals surface area contributed by atoms with Gasteiger partial charge in [-0.25, -0.2) is 0 Å². The first-order valence-corrected chi connectivity index (χ1v) is 8.95. The van der Waals surface area contributed by atoms with Crippen LogP contribution in [0.25, 0.3) is 0 Å². The molecule has 3 rings (SSSR count). The Morgan fingerprint density at radius 3 is 2.73 bits per heavy atom. The highest BCUT2D eigenvalue weighted by molar-refractivity contribution is 5.74. The van der Waals surface area contributed by atoms with Crippen LogP contribution in [-0.4, -0.2) is 76.3 Å². The molecule has 0 radical (unpaired) electrons. The van der Waals surface area contributed by atoms with Crippen LogP contribution in [-0.2, 0) is 27.3 Å². The summed E-state index contributed by atoms with van der Waals surface area (Å²) in [5.41, 5.74) is -0.0616. The standard InChI is InChI=1S/C17H26N4O5/c1-12(22)20-6-4-17(5-7-20)9-13(16(23)24)21(11-17)10-15-18-14(19-26-15)3-8-25-2/h13H,3-11H2,1-2H3,(H,23,24). The molecule has 9 nitrogen and oxygen atoms in total. The van der Waals surface area contributed by atoms with Crippen LogP contribution in [0.15, 0.2) is 4.52 Å². The number of methoxy groups -OCH3 is 1. The van der Waals surface area contributed by atoms with E-state index in [4.69, 9.17) is 9.26 Å². The summed E-state index contributed by atoms with van der Waals surface area (Å²) in [5, 5.41) is 13.6. The Morgan fingerprint density at radius 1 is 1.38 bits per heavy atom. The maximum atomic E-state index is 11.8. The van der Waals surface area contributed by atoms with Crippen molar-refractivity contribution >= 4 is 11.9 Å². The van der Waals surface area contributed by atoms with Gasteiger partial charge in [-0.1, -0.05) is 5.16 Å². The molecule has 3 heterocycles. The van der Waals surface area contributed by atoms with Gasteiger partial charge < -0.3 is 19.3 Å². The van der Waals surface area contributed by atoms with Crippen LogP contribution in [0.2, 0.25) is 0 Å². The Balaban J connectivity index is 1.65. The molecule has 2 saturated heterocycles. The molecule has 1 aromatic rings. The van der Waals surface area contributed by atoms with E-state index < -0.39 is 12.0 Å². The molecule has 2 fully saturated rings. The third-order valence-corrected chi connectivity index (χ3v) is 5.54. The summed E-state index contributed by atoms with van der Waals surface area (Å²) in [6.07, 6.45) is 2.82. The number of carboxylic acid groups (broad SMARTS) is 1. The first-order valence-electron chi connectivity index (χ1n) is 8.95. The minimum Gasteiger partial charge on any atom is -0.480 e. The highest BCUT2D eigenvalue weighted by Crippen LogP contribution is 2.43. The smallest absolute Gasteiger partial charge is 0.320 e. The van der Waals surface area contributed by atoms with E-state index in [0.717, 1.165) is 12.8 Å². The predicted molar refractivity (Wildman–Crippen MR) is 90.2 cm³/mol. The van der Waals surface area contributed by atoms with Gasteiger partial charge in [0.2, 0.25) is 11.8 Å². The van der Waals surface area contributed by atoms with E-state index in [9.17, 15) is 14.7 Å². The highest BCUT2D eigenvalue weighted by Gasteiger charge is 2.48. The summed E-state index contributed by atoms with van der Waals surface area (Å²) in [7, 11) is 1.61. The number of hydrogen-bond acceptors (Lipinski definition) is 7. The second kappa shape index (κ2) is 7.71. The summed E-state index contributed by atoms with van der Waals surface area (Å²) in [6, 6.07) is -0.562. The Kier molecular flexibility index (Phi) is 5.57. The molecule has 1 N–H and O–H groups in total. The molecule has 26 heavy (non-hydrogen) atoms. The monoisotopic (exact) mass is 366 g/mol. The van der Waals surface area contributed by atoms with Crippen molar-refractivity contribution in [2.75, 3.05) is 33.4 Å². The van der Waals surface area contributed by atoms with E-state index in [1.807, 2.05) is 9.80 Å². The summed E-state index contributed by atoms with van der Waals surface area (Å²) < 4.78 is 10.3. The maximum Gasteiger partial charge on any atom is 0.320 e. The SMILES string of the molecule is COCCc1noc(CN2CC3(CCN(C(C)=O)CC3)CC2C(=O)O)n1. The van der Waals surface area contributed by atoms with Crippen molar-refractivity contribution in [1.29, 1.82) is 0 Å². The lowest BCUT2D eigenvalue weighted by atomic mass is 9.76. The third kappa shape index (κ3) is 4.04. The molecule has 9 heteroatoms. The van der Waals surface area contributed by atoms with Gasteiger partial charge in [-0.3, -0.25) is 14.5 Å². The Labute approximate surface area is 152 Å². The molecule has 144 valence electrons. The topological polar surface area (TPSA) is 109 Å². The number of carbonyl (C=O) groups excluding carboxylic acids is 1. The minimum absolute atomic E-state index is 0.0616. The zero-order valence-electron chi connectivity index (χ0n) is 15.3. The number of nitrogens with zero attached hydrogens (tertiary/aromatic N) is 4. The molecule has 1 spiro atoms. The molecular formula is C17H26N4O5. The first-order chi connectivity index (χ1) is 12.4. The number of ether oxygens (including phenoxy) is 1. The lowest BCUT2D eigenvalue weighted by Gasteiger charge is -2.39. The van der Waals surface area contributed by atoms with Crippen molar-refractivity contribution in [3.8, 4) is 0 Å². The molecule has 0 aromatic carbocycles. The van der Waals surface area contributed by atoms with Crippen LogP contribution in [0, 0.1) is 5.41 Å². The fourth-order valence-electron chi connectivity index (χ4n) is 4.04. The highest BCUT2D eigenvalue weighted by atomic mass is 16.5. The lowest BCUT2D eigenvalue weighted by Crippen LogP contribution is -2.43. The number of likely N-dealkylation sites (tertiary alicyclic amines) is 2. The average Bonchev–Trinajstić information content (AvgIpc) is 3.19. The fraction of sp³-hybridized carbons (Fsp3) is 0.765. The van der Waals surface area contributed by atoms with Crippen LogP contribution in [0.1, 0.15) is 37.9 Å². The van der Waals surface area contributed by atoms with Gasteiger partial charge >= 0.3 is 5.97 Å². The zero-order chi connectivity index (χ0) is 18.7. The molecule has 2 aliphatic heterocycles. The molecule has 1 aromatic heterocycles. The van der Waals surface area contributed by atoms with E-state index in [0.29, 0.717) is 57.3 Å². The van der Waals surface area contributed by atoms with Gasteiger partial charge in [0.15, 0.2) is 5.82 Å². The lowest BCUT2D eigenvalue weighted by molar-refractivity contribution is -0.142. The van der Waals surface area contributed by atoms with E-state index in [1.54, 1.807) is 14.0 Å². The second-order valence-electron chi connectivity index (χ2n) is 7.32. The van der Waals surface area contributed by atoms with Gasteiger partial charge in [0, 0.05) is 40.1 Å². The van der Waals surface area contributed by atoms with Crippen LogP contribution in [0.3, 0.4) is 0 Å². The molecule has 0 saturated carbocycles. The van der Waals surface area contributed by atoms with E-state index in [2.05, 4.69) is 10.1 Å². The summed E-state index contributed by atoms with van der Waals surface area (Å²) in [6.45, 7) is 4.47. The van der Waals surface area contributed by atoms with Gasteiger partial charge in [-0.05, 0) is 24.7 Å². The van der Waals surface area contributed by atoms with Crippen molar-refractivity contribution < 1.29 is 24.0 Å². The van der Waals surface area contributed by atoms with Gasteiger partial charge in [0.1, 0.15) is 6.04 Å². The normalized spacial score (nSPS) is 22.8. The third-order valence-electron chi connectivity index (χ3n) is 5.54. The largest absolute Gasteiger partial charge is 0.480 e. The van der Waals surface area contributed by atoms with Crippen molar-refractivity contribution in [3.63, 3.8) is 0 Å². The molecule has 2 aliphatic rings. The number of amides is 1. The summed E-state index contributed by atoms with van der Waals surface area (Å²) in [4.78, 5) is 31.4. The number of hydrogen-bond donors (Lipinski definition) is 1. The molecule has 0 bridgehead atoms. The van der Waals surface area contributed by atoms with Crippen LogP contribution in [0.4, 0.5) is 0 Å². The van der Waals surface area contributed by atoms with Crippen molar-refractivity contribution in [2.24, 2.45) is 5.41 Å². The van der Waals surface area contributed by atoms with Gasteiger partial charge in [0.25, 0.3) is 0 Å². The van der Waals surface area contributed by atoms with Crippen molar-refractivity contribution in [2.45, 2.75) is 45.2 Å². The number of rotatable bonds is 6. The fourth-order valence-corrected chi connectivity index (χ4v) is 4.04. The number of carbonyl (C=O) groups is 2. The molecule has 1 atom stereocenters. The van der Waals surface area contributed by atoms with E-state index in [-0.39, 0.29) is 11.3 Å². The summed E-state index contributed by atoms with van der Waals surface area (Å²) >= 11 is 0. The van der Waals surface area contributed by atoms with E-state index in [1.165, 1.54) is 0 Å². The summed E-state index contributed by atoms with van der Waals surface area (Å²) in [5.74, 6) is 0.256. The molecule has 0 aliphatic carbocycles. The number of aromatic nitrogens is 2. The number of aliphatic carboxylic acids is 1. The quantitative estimate of drug-likeness (QED) is 0.777. The molecule has 1 amide bonds. The number of carboxylic acids is 1. The average molecular weight is 366 g/mol. The molecule has 1 unspecified atom stereocenters. The zero-order valence-corrected chi connectivity index (χ0v) is 15.3.